The third kappa shape index (κ3) is 3.31. The largest absolute Gasteiger partial charge is 0.338 e. The minimum Gasteiger partial charge on any atom is -0.338 e. The number of aromatic nitrogens is 3. The Bertz CT molecular complexity index is 927. The van der Waals surface area contributed by atoms with E-state index >= 15 is 0 Å². The summed E-state index contributed by atoms with van der Waals surface area (Å²) in [5.41, 5.74) is 4.47. The average molecular weight is 336 g/mol. The first-order chi connectivity index (χ1) is 11.6. The molecule has 0 radical (unpaired) electrons. The van der Waals surface area contributed by atoms with Crippen LogP contribution in [-0.4, -0.2) is 15.1 Å². The zero-order valence-electron chi connectivity index (χ0n) is 13.7. The van der Waals surface area contributed by atoms with Crippen LogP contribution in [0, 0.1) is 32.1 Å². The first kappa shape index (κ1) is 16.2. The van der Waals surface area contributed by atoms with Gasteiger partial charge in [-0.25, -0.2) is 4.98 Å². The number of nitriles is 1. The second kappa shape index (κ2) is 6.85. The molecule has 0 N–H and O–H groups in total. The molecule has 24 heavy (non-hydrogen) atoms. The quantitative estimate of drug-likeness (QED) is 0.664. The van der Waals surface area contributed by atoms with E-state index in [-0.39, 0.29) is 0 Å². The highest BCUT2D eigenvalue weighted by Crippen LogP contribution is 2.27. The lowest BCUT2D eigenvalue weighted by atomic mass is 10.1. The molecule has 0 amide bonds. The van der Waals surface area contributed by atoms with E-state index in [1.807, 2.05) is 51.1 Å². The maximum absolute atomic E-state index is 9.32. The Labute approximate surface area is 144 Å². The third-order valence-corrected chi connectivity index (χ3v) is 4.57. The summed E-state index contributed by atoms with van der Waals surface area (Å²) in [7, 11) is 0. The normalized spacial score (nSPS) is 10.6. The minimum absolute atomic E-state index is 0.476. The summed E-state index contributed by atoms with van der Waals surface area (Å²) in [6.07, 6.45) is 0. The van der Waals surface area contributed by atoms with Crippen molar-refractivity contribution in [3.05, 3.63) is 58.6 Å². The number of hydrogen-bond acceptors (Lipinski definition) is 6. The Kier molecular flexibility index (Phi) is 4.63. The number of aryl methyl sites for hydroxylation is 3. The maximum Gasteiger partial charge on any atom is 0.237 e. The number of pyridine rings is 1. The molecule has 0 bridgehead atoms. The standard InChI is InChI=1S/C18H16N4OS/c1-11-6-4-5-7-14(11)17-21-16(23-22-17)10-24-18-15(9-19)12(2)8-13(3)20-18/h4-8H,10H2,1-3H3. The van der Waals surface area contributed by atoms with Gasteiger partial charge in [0, 0.05) is 11.3 Å². The summed E-state index contributed by atoms with van der Waals surface area (Å²) < 4.78 is 5.34. The van der Waals surface area contributed by atoms with Crippen LogP contribution in [0.5, 0.6) is 0 Å². The molecule has 0 aliphatic carbocycles. The molecule has 3 rings (SSSR count). The molecule has 2 heterocycles. The van der Waals surface area contributed by atoms with Gasteiger partial charge in [0.25, 0.3) is 0 Å². The first-order valence-corrected chi connectivity index (χ1v) is 8.46. The van der Waals surface area contributed by atoms with E-state index in [0.717, 1.165) is 22.4 Å². The second-order valence-corrected chi connectivity index (χ2v) is 6.45. The van der Waals surface area contributed by atoms with Gasteiger partial charge in [0.05, 0.1) is 11.3 Å². The molecule has 3 aromatic rings. The maximum atomic E-state index is 9.32. The lowest BCUT2D eigenvalue weighted by Gasteiger charge is -2.05. The predicted molar refractivity (Wildman–Crippen MR) is 92.5 cm³/mol. The Morgan fingerprint density at radius 2 is 1.92 bits per heavy atom. The zero-order valence-corrected chi connectivity index (χ0v) is 14.5. The van der Waals surface area contributed by atoms with Crippen molar-refractivity contribution in [2.45, 2.75) is 31.6 Å². The van der Waals surface area contributed by atoms with Crippen LogP contribution in [0.4, 0.5) is 0 Å². The molecule has 6 heteroatoms. The summed E-state index contributed by atoms with van der Waals surface area (Å²) in [5, 5.41) is 14.1. The van der Waals surface area contributed by atoms with Gasteiger partial charge in [-0.2, -0.15) is 10.2 Å². The van der Waals surface area contributed by atoms with Crippen LogP contribution in [-0.2, 0) is 5.75 Å². The molecule has 0 spiro atoms. The fraction of sp³-hybridized carbons (Fsp3) is 0.222. The Morgan fingerprint density at radius 1 is 1.12 bits per heavy atom. The van der Waals surface area contributed by atoms with Crippen LogP contribution >= 0.6 is 11.8 Å². The summed E-state index contributed by atoms with van der Waals surface area (Å²) in [6, 6.07) is 12.0. The SMILES string of the molecule is Cc1cc(C)c(C#N)c(SCc2nc(-c3ccccc3C)no2)n1. The first-order valence-electron chi connectivity index (χ1n) is 7.48. The second-order valence-electron chi connectivity index (χ2n) is 5.49. The molecule has 0 unspecified atom stereocenters. The molecular formula is C18H16N4OS. The highest BCUT2D eigenvalue weighted by molar-refractivity contribution is 7.98. The van der Waals surface area contributed by atoms with E-state index < -0.39 is 0 Å². The van der Waals surface area contributed by atoms with E-state index in [1.54, 1.807) is 0 Å². The molecule has 0 atom stereocenters. The molecule has 0 saturated carbocycles. The van der Waals surface area contributed by atoms with Gasteiger partial charge in [0.15, 0.2) is 0 Å². The van der Waals surface area contributed by atoms with Gasteiger partial charge in [-0.1, -0.05) is 41.2 Å². The van der Waals surface area contributed by atoms with Gasteiger partial charge in [0.2, 0.25) is 11.7 Å². The fourth-order valence-corrected chi connectivity index (χ4v) is 3.36. The van der Waals surface area contributed by atoms with Crippen LogP contribution in [0.1, 0.15) is 28.3 Å². The Hall–Kier alpha value is -2.65. The van der Waals surface area contributed by atoms with E-state index in [0.29, 0.717) is 28.1 Å². The molecule has 5 nitrogen and oxygen atoms in total. The molecular weight excluding hydrogens is 320 g/mol. The van der Waals surface area contributed by atoms with E-state index in [4.69, 9.17) is 4.52 Å². The van der Waals surface area contributed by atoms with Gasteiger partial charge < -0.3 is 4.52 Å². The van der Waals surface area contributed by atoms with Gasteiger partial charge in [-0.15, -0.1) is 0 Å². The van der Waals surface area contributed by atoms with Crippen LogP contribution in [0.2, 0.25) is 0 Å². The lowest BCUT2D eigenvalue weighted by molar-refractivity contribution is 0.391. The van der Waals surface area contributed by atoms with Crippen LogP contribution in [0.3, 0.4) is 0 Å². The smallest absolute Gasteiger partial charge is 0.237 e. The lowest BCUT2D eigenvalue weighted by Crippen LogP contribution is -1.95. The Morgan fingerprint density at radius 3 is 2.67 bits per heavy atom. The summed E-state index contributed by atoms with van der Waals surface area (Å²) >= 11 is 1.44. The van der Waals surface area contributed by atoms with Crippen molar-refractivity contribution in [3.63, 3.8) is 0 Å². The topological polar surface area (TPSA) is 75.6 Å². The number of hydrogen-bond donors (Lipinski definition) is 0. The fourth-order valence-electron chi connectivity index (χ4n) is 2.42. The Balaban J connectivity index is 1.80. The molecule has 0 fully saturated rings. The van der Waals surface area contributed by atoms with Gasteiger partial charge >= 0.3 is 0 Å². The zero-order chi connectivity index (χ0) is 17.1. The van der Waals surface area contributed by atoms with Gasteiger partial charge in [-0.3, -0.25) is 0 Å². The third-order valence-electron chi connectivity index (χ3n) is 3.61. The number of rotatable bonds is 4. The molecule has 0 aliphatic rings. The molecule has 0 aliphatic heterocycles. The molecule has 2 aromatic heterocycles. The minimum atomic E-state index is 0.476. The number of benzene rings is 1. The summed E-state index contributed by atoms with van der Waals surface area (Å²) in [6.45, 7) is 5.85. The van der Waals surface area contributed by atoms with Crippen molar-refractivity contribution in [1.82, 2.24) is 15.1 Å². The average Bonchev–Trinajstić information content (AvgIpc) is 3.01. The summed E-state index contributed by atoms with van der Waals surface area (Å²) in [4.78, 5) is 8.90. The van der Waals surface area contributed by atoms with Crippen molar-refractivity contribution >= 4 is 11.8 Å². The highest BCUT2D eigenvalue weighted by atomic mass is 32.2. The van der Waals surface area contributed by atoms with E-state index in [9.17, 15) is 5.26 Å². The van der Waals surface area contributed by atoms with Crippen LogP contribution in [0.15, 0.2) is 39.9 Å². The van der Waals surface area contributed by atoms with Crippen molar-refractivity contribution in [2.75, 3.05) is 0 Å². The van der Waals surface area contributed by atoms with Crippen molar-refractivity contribution < 1.29 is 4.52 Å². The predicted octanol–water partition coefficient (Wildman–Crippen LogP) is 4.22. The van der Waals surface area contributed by atoms with E-state index in [1.165, 1.54) is 11.8 Å². The van der Waals surface area contributed by atoms with Crippen LogP contribution < -0.4 is 0 Å². The van der Waals surface area contributed by atoms with Crippen molar-refractivity contribution in [3.8, 4) is 17.5 Å². The van der Waals surface area contributed by atoms with Gasteiger partial charge in [0.1, 0.15) is 11.1 Å². The van der Waals surface area contributed by atoms with Crippen molar-refractivity contribution in [2.24, 2.45) is 0 Å². The summed E-state index contributed by atoms with van der Waals surface area (Å²) in [5.74, 6) is 1.57. The highest BCUT2D eigenvalue weighted by Gasteiger charge is 2.14. The molecule has 1 aromatic carbocycles. The van der Waals surface area contributed by atoms with Crippen LogP contribution in [0.25, 0.3) is 11.4 Å². The van der Waals surface area contributed by atoms with Gasteiger partial charge in [-0.05, 0) is 38.0 Å². The molecule has 120 valence electrons. The number of thioether (sulfide) groups is 1. The van der Waals surface area contributed by atoms with Crippen molar-refractivity contribution in [1.29, 1.82) is 5.26 Å². The van der Waals surface area contributed by atoms with E-state index in [2.05, 4.69) is 21.2 Å². The molecule has 0 saturated heterocycles. The monoisotopic (exact) mass is 336 g/mol. The number of nitrogens with zero attached hydrogens (tertiary/aromatic N) is 4.